The number of methoxy groups -OCH3 is 1. The third-order valence-corrected chi connectivity index (χ3v) is 1.53. The average Bonchev–Trinajstić information content (AvgIpc) is 2.05. The summed E-state index contributed by atoms with van der Waals surface area (Å²) >= 11 is 0. The predicted molar refractivity (Wildman–Crippen MR) is 45.1 cm³/mol. The Kier molecular flexibility index (Phi) is 3.47. The Morgan fingerprint density at radius 2 is 2.50 bits per heavy atom. The zero-order valence-electron chi connectivity index (χ0n) is 7.04. The van der Waals surface area contributed by atoms with Gasteiger partial charge in [-0.15, -0.1) is 0 Å². The summed E-state index contributed by atoms with van der Waals surface area (Å²) in [5.74, 6) is 0. The number of rotatable bonds is 4. The van der Waals surface area contributed by atoms with Crippen LogP contribution in [0.5, 0.6) is 0 Å². The summed E-state index contributed by atoms with van der Waals surface area (Å²) in [6.07, 6.45) is 3.25. The van der Waals surface area contributed by atoms with Crippen LogP contribution in [0.25, 0.3) is 0 Å². The van der Waals surface area contributed by atoms with Gasteiger partial charge in [0.15, 0.2) is 0 Å². The highest BCUT2D eigenvalue weighted by Crippen LogP contribution is 1.94. The van der Waals surface area contributed by atoms with Crippen LogP contribution in [-0.2, 0) is 11.2 Å². The van der Waals surface area contributed by atoms with E-state index in [1.165, 1.54) is 6.20 Å². The lowest BCUT2D eigenvalue weighted by molar-refractivity contribution is 0.195. The number of hydrogen-bond acceptors (Lipinski definition) is 3. The Morgan fingerprint density at radius 3 is 3.17 bits per heavy atom. The monoisotopic (exact) mass is 168 g/mol. The molecule has 1 aromatic rings. The smallest absolute Gasteiger partial charge is 0.345 e. The highest BCUT2D eigenvalue weighted by molar-refractivity contribution is 4.97. The fraction of sp³-hybridized carbons (Fsp3) is 0.500. The SMILES string of the molecule is COCCCc1ccnc(=O)[nH]1. The zero-order chi connectivity index (χ0) is 8.81. The molecule has 1 heterocycles. The minimum absolute atomic E-state index is 0.287. The number of ether oxygens (including phenoxy) is 1. The van der Waals surface area contributed by atoms with Gasteiger partial charge in [-0.2, -0.15) is 0 Å². The van der Waals surface area contributed by atoms with E-state index in [1.54, 1.807) is 13.2 Å². The zero-order valence-corrected chi connectivity index (χ0v) is 7.04. The molecule has 1 N–H and O–H groups in total. The second-order valence-electron chi connectivity index (χ2n) is 2.50. The Morgan fingerprint density at radius 1 is 1.67 bits per heavy atom. The third kappa shape index (κ3) is 2.84. The van der Waals surface area contributed by atoms with E-state index in [1.807, 2.05) is 0 Å². The van der Waals surface area contributed by atoms with Gasteiger partial charge >= 0.3 is 5.69 Å². The van der Waals surface area contributed by atoms with Crippen molar-refractivity contribution in [2.24, 2.45) is 0 Å². The average molecular weight is 168 g/mol. The van der Waals surface area contributed by atoms with E-state index in [-0.39, 0.29) is 5.69 Å². The predicted octanol–water partition coefficient (Wildman–Crippen LogP) is 0.349. The van der Waals surface area contributed by atoms with Crippen molar-refractivity contribution >= 4 is 0 Å². The fourth-order valence-corrected chi connectivity index (χ4v) is 0.959. The molecule has 0 radical (unpaired) electrons. The molecule has 0 amide bonds. The number of aryl methyl sites for hydroxylation is 1. The van der Waals surface area contributed by atoms with E-state index in [4.69, 9.17) is 4.74 Å². The van der Waals surface area contributed by atoms with Gasteiger partial charge in [0.2, 0.25) is 0 Å². The van der Waals surface area contributed by atoms with Crippen molar-refractivity contribution in [1.29, 1.82) is 0 Å². The molecule has 1 aromatic heterocycles. The molecule has 4 heteroatoms. The first-order valence-electron chi connectivity index (χ1n) is 3.86. The van der Waals surface area contributed by atoms with Crippen molar-refractivity contribution in [1.82, 2.24) is 9.97 Å². The molecule has 0 saturated carbocycles. The van der Waals surface area contributed by atoms with Crippen LogP contribution in [0.2, 0.25) is 0 Å². The van der Waals surface area contributed by atoms with Gasteiger partial charge in [-0.1, -0.05) is 0 Å². The Hall–Kier alpha value is -1.16. The summed E-state index contributed by atoms with van der Waals surface area (Å²) in [5, 5.41) is 0. The topological polar surface area (TPSA) is 55.0 Å². The number of nitrogens with zero attached hydrogens (tertiary/aromatic N) is 1. The molecule has 0 aliphatic carbocycles. The molecule has 0 aliphatic heterocycles. The molecule has 0 fully saturated rings. The maximum atomic E-state index is 10.7. The van der Waals surface area contributed by atoms with Crippen LogP contribution in [0.4, 0.5) is 0 Å². The molecule has 12 heavy (non-hydrogen) atoms. The molecule has 0 atom stereocenters. The van der Waals surface area contributed by atoms with Crippen molar-refractivity contribution in [3.8, 4) is 0 Å². The van der Waals surface area contributed by atoms with Gasteiger partial charge in [-0.05, 0) is 18.9 Å². The summed E-state index contributed by atoms with van der Waals surface area (Å²) in [5.41, 5.74) is 0.622. The van der Waals surface area contributed by atoms with Crippen molar-refractivity contribution in [2.45, 2.75) is 12.8 Å². The van der Waals surface area contributed by atoms with Crippen molar-refractivity contribution in [2.75, 3.05) is 13.7 Å². The summed E-state index contributed by atoms with van der Waals surface area (Å²) < 4.78 is 4.89. The van der Waals surface area contributed by atoms with E-state index in [0.29, 0.717) is 6.61 Å². The molecule has 66 valence electrons. The summed E-state index contributed by atoms with van der Waals surface area (Å²) in [4.78, 5) is 16.9. The molecular formula is C8H12N2O2. The van der Waals surface area contributed by atoms with Crippen molar-refractivity contribution in [3.63, 3.8) is 0 Å². The molecule has 0 bridgehead atoms. The lowest BCUT2D eigenvalue weighted by Gasteiger charge is -1.98. The van der Waals surface area contributed by atoms with Crippen LogP contribution in [0.3, 0.4) is 0 Å². The minimum Gasteiger partial charge on any atom is -0.385 e. The van der Waals surface area contributed by atoms with Crippen LogP contribution in [0.1, 0.15) is 12.1 Å². The van der Waals surface area contributed by atoms with Gasteiger partial charge < -0.3 is 9.72 Å². The number of aromatic amines is 1. The first-order chi connectivity index (χ1) is 5.83. The van der Waals surface area contributed by atoms with E-state index in [0.717, 1.165) is 18.5 Å². The van der Waals surface area contributed by atoms with E-state index >= 15 is 0 Å². The van der Waals surface area contributed by atoms with Gasteiger partial charge in [0.05, 0.1) is 0 Å². The van der Waals surface area contributed by atoms with Crippen LogP contribution in [0, 0.1) is 0 Å². The first kappa shape index (κ1) is 8.93. The molecule has 4 nitrogen and oxygen atoms in total. The Labute approximate surface area is 70.6 Å². The highest BCUT2D eigenvalue weighted by Gasteiger charge is 1.92. The van der Waals surface area contributed by atoms with Crippen molar-refractivity contribution in [3.05, 3.63) is 28.4 Å². The number of aromatic nitrogens is 2. The van der Waals surface area contributed by atoms with Crippen LogP contribution in [-0.4, -0.2) is 23.7 Å². The molecule has 0 spiro atoms. The number of hydrogen-bond donors (Lipinski definition) is 1. The van der Waals surface area contributed by atoms with Crippen molar-refractivity contribution < 1.29 is 4.74 Å². The summed E-state index contributed by atoms with van der Waals surface area (Å²) in [7, 11) is 1.66. The van der Waals surface area contributed by atoms with Gasteiger partial charge in [-0.3, -0.25) is 0 Å². The number of nitrogens with one attached hydrogen (secondary N) is 1. The van der Waals surface area contributed by atoms with E-state index in [2.05, 4.69) is 9.97 Å². The molecular weight excluding hydrogens is 156 g/mol. The van der Waals surface area contributed by atoms with Gasteiger partial charge in [-0.25, -0.2) is 9.78 Å². The number of H-pyrrole nitrogens is 1. The van der Waals surface area contributed by atoms with Gasteiger partial charge in [0.1, 0.15) is 0 Å². The quantitative estimate of drug-likeness (QED) is 0.660. The Bertz CT molecular complexity index is 282. The van der Waals surface area contributed by atoms with Gasteiger partial charge in [0.25, 0.3) is 0 Å². The standard InChI is InChI=1S/C8H12N2O2/c1-12-6-2-3-7-4-5-9-8(11)10-7/h4-5H,2-3,6H2,1H3,(H,9,10,11). The second-order valence-corrected chi connectivity index (χ2v) is 2.50. The molecule has 1 rings (SSSR count). The van der Waals surface area contributed by atoms with Gasteiger partial charge in [0, 0.05) is 25.6 Å². The van der Waals surface area contributed by atoms with E-state index in [9.17, 15) is 4.79 Å². The lowest BCUT2D eigenvalue weighted by Crippen LogP contribution is -2.11. The summed E-state index contributed by atoms with van der Waals surface area (Å²) in [6, 6.07) is 1.80. The molecule has 0 saturated heterocycles. The van der Waals surface area contributed by atoms with E-state index < -0.39 is 0 Å². The largest absolute Gasteiger partial charge is 0.385 e. The second kappa shape index (κ2) is 4.66. The van der Waals surface area contributed by atoms with Crippen LogP contribution in [0.15, 0.2) is 17.1 Å². The normalized spacial score (nSPS) is 10.1. The van der Waals surface area contributed by atoms with Crippen LogP contribution < -0.4 is 5.69 Å². The third-order valence-electron chi connectivity index (χ3n) is 1.53. The Balaban J connectivity index is 2.47. The first-order valence-corrected chi connectivity index (χ1v) is 3.86. The lowest BCUT2D eigenvalue weighted by atomic mass is 10.2. The maximum absolute atomic E-state index is 10.7. The maximum Gasteiger partial charge on any atom is 0.345 e. The fourth-order valence-electron chi connectivity index (χ4n) is 0.959. The molecule has 0 aliphatic rings. The molecule has 0 unspecified atom stereocenters. The highest BCUT2D eigenvalue weighted by atomic mass is 16.5. The molecule has 0 aromatic carbocycles. The summed E-state index contributed by atoms with van der Waals surface area (Å²) in [6.45, 7) is 0.713. The minimum atomic E-state index is -0.287. The van der Waals surface area contributed by atoms with Crippen LogP contribution >= 0.6 is 0 Å².